The maximum absolute atomic E-state index is 13.0. The number of aliphatic hydroxyl groups excluding tert-OH is 1. The lowest BCUT2D eigenvalue weighted by molar-refractivity contribution is -0.0994. The van der Waals surface area contributed by atoms with Crippen LogP contribution in [0.5, 0.6) is 0 Å². The van der Waals surface area contributed by atoms with E-state index in [-0.39, 0.29) is 5.82 Å². The number of aryl methyl sites for hydroxylation is 1. The van der Waals surface area contributed by atoms with E-state index in [0.717, 1.165) is 19.3 Å². The fraction of sp³-hybridized carbons (Fsp3) is 0.571. The number of rotatable bonds is 2. The molecule has 17 heavy (non-hydrogen) atoms. The van der Waals surface area contributed by atoms with Crippen molar-refractivity contribution in [3.05, 3.63) is 35.1 Å². The minimum Gasteiger partial charge on any atom is -0.387 e. The first-order valence-electron chi connectivity index (χ1n) is 6.19. The van der Waals surface area contributed by atoms with Crippen LogP contribution >= 0.6 is 0 Å². The van der Waals surface area contributed by atoms with Crippen molar-refractivity contribution in [1.82, 2.24) is 0 Å². The van der Waals surface area contributed by atoms with Crippen LogP contribution in [0.15, 0.2) is 18.2 Å². The van der Waals surface area contributed by atoms with Crippen molar-refractivity contribution in [3.8, 4) is 0 Å². The largest absolute Gasteiger partial charge is 0.387 e. The summed E-state index contributed by atoms with van der Waals surface area (Å²) in [5, 5.41) is 20.7. The fourth-order valence-electron chi connectivity index (χ4n) is 2.67. The van der Waals surface area contributed by atoms with Crippen LogP contribution in [0, 0.1) is 12.7 Å². The third-order valence-corrected chi connectivity index (χ3v) is 3.75. The van der Waals surface area contributed by atoms with Gasteiger partial charge in [-0.15, -0.1) is 0 Å². The average Bonchev–Trinajstić information content (AvgIpc) is 2.29. The highest BCUT2D eigenvalue weighted by Crippen LogP contribution is 2.39. The highest BCUT2D eigenvalue weighted by atomic mass is 19.1. The molecule has 1 unspecified atom stereocenters. The van der Waals surface area contributed by atoms with Crippen LogP contribution in [0.4, 0.5) is 4.39 Å². The third-order valence-electron chi connectivity index (χ3n) is 3.75. The van der Waals surface area contributed by atoms with Gasteiger partial charge >= 0.3 is 0 Å². The van der Waals surface area contributed by atoms with Crippen LogP contribution in [0.25, 0.3) is 0 Å². The minimum atomic E-state index is -1.04. The molecule has 1 aromatic rings. The van der Waals surface area contributed by atoms with Gasteiger partial charge < -0.3 is 10.2 Å². The van der Waals surface area contributed by atoms with Crippen LogP contribution in [-0.2, 0) is 0 Å². The Bertz CT molecular complexity index is 397. The molecule has 1 fully saturated rings. The Morgan fingerprint density at radius 2 is 1.88 bits per heavy atom. The quantitative estimate of drug-likeness (QED) is 0.831. The zero-order valence-corrected chi connectivity index (χ0v) is 10.1. The second-order valence-corrected chi connectivity index (χ2v) is 5.07. The predicted molar refractivity (Wildman–Crippen MR) is 64.1 cm³/mol. The Morgan fingerprint density at radius 3 is 2.47 bits per heavy atom. The van der Waals surface area contributed by atoms with E-state index in [2.05, 4.69) is 0 Å². The highest BCUT2D eigenvalue weighted by Gasteiger charge is 2.38. The van der Waals surface area contributed by atoms with E-state index in [1.165, 1.54) is 12.1 Å². The Hall–Kier alpha value is -0.930. The van der Waals surface area contributed by atoms with E-state index in [9.17, 15) is 14.6 Å². The van der Waals surface area contributed by atoms with E-state index >= 15 is 0 Å². The molecule has 0 spiro atoms. The molecule has 0 amide bonds. The van der Waals surface area contributed by atoms with Crippen LogP contribution in [0.2, 0.25) is 0 Å². The Balaban J connectivity index is 2.26. The molecule has 0 heterocycles. The van der Waals surface area contributed by atoms with Crippen LogP contribution in [0.1, 0.15) is 49.3 Å². The van der Waals surface area contributed by atoms with Crippen molar-refractivity contribution in [1.29, 1.82) is 0 Å². The van der Waals surface area contributed by atoms with E-state index in [4.69, 9.17) is 0 Å². The summed E-state index contributed by atoms with van der Waals surface area (Å²) in [7, 11) is 0. The zero-order chi connectivity index (χ0) is 12.5. The van der Waals surface area contributed by atoms with Gasteiger partial charge in [0, 0.05) is 0 Å². The summed E-state index contributed by atoms with van der Waals surface area (Å²) < 4.78 is 13.0. The second kappa shape index (κ2) is 4.75. The summed E-state index contributed by atoms with van der Waals surface area (Å²) in [4.78, 5) is 0. The summed E-state index contributed by atoms with van der Waals surface area (Å²) in [6.45, 7) is 1.76. The zero-order valence-electron chi connectivity index (χ0n) is 10.1. The van der Waals surface area contributed by atoms with Gasteiger partial charge in [0.25, 0.3) is 0 Å². The van der Waals surface area contributed by atoms with Crippen molar-refractivity contribution in [2.75, 3.05) is 0 Å². The molecule has 0 radical (unpaired) electrons. The van der Waals surface area contributed by atoms with Gasteiger partial charge in [0.1, 0.15) is 11.9 Å². The number of aliphatic hydroxyl groups is 2. The van der Waals surface area contributed by atoms with Crippen LogP contribution in [0.3, 0.4) is 0 Å². The summed E-state index contributed by atoms with van der Waals surface area (Å²) in [6, 6.07) is 4.30. The van der Waals surface area contributed by atoms with Gasteiger partial charge in [0.2, 0.25) is 0 Å². The average molecular weight is 238 g/mol. The summed E-state index contributed by atoms with van der Waals surface area (Å²) in [5.74, 6) is -0.311. The lowest BCUT2D eigenvalue weighted by Gasteiger charge is -2.37. The van der Waals surface area contributed by atoms with Gasteiger partial charge in [-0.3, -0.25) is 0 Å². The molecule has 0 saturated heterocycles. The second-order valence-electron chi connectivity index (χ2n) is 5.07. The molecular weight excluding hydrogens is 219 g/mol. The summed E-state index contributed by atoms with van der Waals surface area (Å²) in [5.41, 5.74) is 0.285. The maximum atomic E-state index is 13.0. The van der Waals surface area contributed by atoms with E-state index < -0.39 is 11.7 Å². The van der Waals surface area contributed by atoms with Crippen LogP contribution < -0.4 is 0 Å². The molecule has 3 heteroatoms. The van der Waals surface area contributed by atoms with Gasteiger partial charge in [-0.05, 0) is 43.0 Å². The molecule has 0 aromatic heterocycles. The lowest BCUT2D eigenvalue weighted by Crippen LogP contribution is -2.38. The first-order chi connectivity index (χ1) is 8.03. The SMILES string of the molecule is Cc1cc(F)ccc1C(O)C1(O)CCCCC1. The third kappa shape index (κ3) is 2.50. The number of hydrogen-bond donors (Lipinski definition) is 2. The molecule has 0 bridgehead atoms. The van der Waals surface area contributed by atoms with Crippen molar-refractivity contribution < 1.29 is 14.6 Å². The van der Waals surface area contributed by atoms with Gasteiger partial charge in [0.05, 0.1) is 5.60 Å². The molecular formula is C14H19FO2. The van der Waals surface area contributed by atoms with E-state index in [1.807, 2.05) is 0 Å². The lowest BCUT2D eigenvalue weighted by atomic mass is 9.77. The molecule has 2 N–H and O–H groups in total. The number of halogens is 1. The van der Waals surface area contributed by atoms with Crippen molar-refractivity contribution >= 4 is 0 Å². The molecule has 1 atom stereocenters. The number of hydrogen-bond acceptors (Lipinski definition) is 2. The van der Waals surface area contributed by atoms with Crippen molar-refractivity contribution in [2.45, 2.75) is 50.7 Å². The molecule has 1 aliphatic carbocycles. The first kappa shape index (κ1) is 12.5. The molecule has 2 rings (SSSR count). The number of benzene rings is 1. The molecule has 2 nitrogen and oxygen atoms in total. The Kier molecular flexibility index (Phi) is 3.50. The fourth-order valence-corrected chi connectivity index (χ4v) is 2.67. The highest BCUT2D eigenvalue weighted by molar-refractivity contribution is 5.30. The normalized spacial score (nSPS) is 21.2. The summed E-state index contributed by atoms with van der Waals surface area (Å²) >= 11 is 0. The smallest absolute Gasteiger partial charge is 0.123 e. The van der Waals surface area contributed by atoms with Gasteiger partial charge in [-0.2, -0.15) is 0 Å². The standard InChI is InChI=1S/C14H19FO2/c1-10-9-11(15)5-6-12(10)13(16)14(17)7-3-2-4-8-14/h5-6,9,13,16-17H,2-4,7-8H2,1H3. The topological polar surface area (TPSA) is 40.5 Å². The predicted octanol–water partition coefficient (Wildman–Crippen LogP) is 2.86. The Morgan fingerprint density at radius 1 is 1.24 bits per heavy atom. The van der Waals surface area contributed by atoms with Gasteiger partial charge in [-0.25, -0.2) is 4.39 Å². The van der Waals surface area contributed by atoms with Crippen molar-refractivity contribution in [3.63, 3.8) is 0 Å². The van der Waals surface area contributed by atoms with Crippen molar-refractivity contribution in [2.24, 2.45) is 0 Å². The van der Waals surface area contributed by atoms with E-state index in [0.29, 0.717) is 24.0 Å². The Labute approximate surface area is 101 Å². The monoisotopic (exact) mass is 238 g/mol. The molecule has 0 aliphatic heterocycles. The van der Waals surface area contributed by atoms with Crippen LogP contribution in [-0.4, -0.2) is 15.8 Å². The molecule has 1 aromatic carbocycles. The minimum absolute atomic E-state index is 0.311. The molecule has 1 aliphatic rings. The maximum Gasteiger partial charge on any atom is 0.123 e. The summed E-state index contributed by atoms with van der Waals surface area (Å²) in [6.07, 6.45) is 3.30. The molecule has 94 valence electrons. The van der Waals surface area contributed by atoms with Gasteiger partial charge in [-0.1, -0.05) is 25.3 Å². The first-order valence-corrected chi connectivity index (χ1v) is 6.19. The van der Waals surface area contributed by atoms with E-state index in [1.54, 1.807) is 13.0 Å². The van der Waals surface area contributed by atoms with Gasteiger partial charge in [0.15, 0.2) is 0 Å². The molecule has 1 saturated carbocycles.